The summed E-state index contributed by atoms with van der Waals surface area (Å²) in [7, 11) is 0. The molecule has 3 saturated carbocycles. The fourth-order valence-electron chi connectivity index (χ4n) is 5.94. The molecule has 0 heterocycles. The summed E-state index contributed by atoms with van der Waals surface area (Å²) in [6, 6.07) is 15.4. The van der Waals surface area contributed by atoms with Crippen molar-refractivity contribution in [2.24, 2.45) is 10.8 Å². The Hall–Kier alpha value is -2.82. The minimum atomic E-state index is -0.977. The van der Waals surface area contributed by atoms with Gasteiger partial charge in [-0.3, -0.25) is 0 Å². The van der Waals surface area contributed by atoms with Crippen LogP contribution in [-0.4, -0.2) is 29.8 Å². The van der Waals surface area contributed by atoms with E-state index in [0.717, 1.165) is 41.5 Å². The van der Waals surface area contributed by atoms with E-state index in [1.54, 1.807) is 0 Å². The third-order valence-electron chi connectivity index (χ3n) is 6.80. The number of fused-ring (bicyclic) bond motifs is 3. The normalized spacial score (nSPS) is 27.6. The molecule has 2 bridgehead atoms. The number of nitrogens with one attached hydrogen (secondary N) is 1. The number of ether oxygens (including phenoxy) is 1. The van der Waals surface area contributed by atoms with Gasteiger partial charge in [0.15, 0.2) is 0 Å². The second-order valence-corrected chi connectivity index (χ2v) is 8.94. The van der Waals surface area contributed by atoms with Crippen LogP contribution in [-0.2, 0) is 9.53 Å². The summed E-state index contributed by atoms with van der Waals surface area (Å²) in [6.45, 7) is 2.36. The van der Waals surface area contributed by atoms with E-state index in [9.17, 15) is 14.7 Å². The number of carboxylic acid groups (broad SMARTS) is 1. The molecule has 2 N–H and O–H groups in total. The van der Waals surface area contributed by atoms with Gasteiger partial charge in [-0.1, -0.05) is 55.5 Å². The maximum atomic E-state index is 12.4. The van der Waals surface area contributed by atoms with Crippen LogP contribution in [0.5, 0.6) is 0 Å². The molecule has 0 aliphatic heterocycles. The number of benzene rings is 2. The highest BCUT2D eigenvalue weighted by Gasteiger charge is 2.69. The van der Waals surface area contributed by atoms with Gasteiger partial charge in [-0.15, -0.1) is 0 Å². The lowest BCUT2D eigenvalue weighted by molar-refractivity contribution is -0.214. The topological polar surface area (TPSA) is 75.6 Å². The zero-order valence-corrected chi connectivity index (χ0v) is 15.8. The van der Waals surface area contributed by atoms with E-state index in [4.69, 9.17) is 4.74 Å². The van der Waals surface area contributed by atoms with Crippen molar-refractivity contribution in [3.05, 3.63) is 59.7 Å². The first kappa shape index (κ1) is 17.3. The van der Waals surface area contributed by atoms with Crippen molar-refractivity contribution in [3.63, 3.8) is 0 Å². The van der Waals surface area contributed by atoms with Crippen LogP contribution in [0.15, 0.2) is 48.5 Å². The monoisotopic (exact) mass is 377 g/mol. The zero-order valence-electron chi connectivity index (χ0n) is 15.8. The van der Waals surface area contributed by atoms with Gasteiger partial charge < -0.3 is 15.2 Å². The third kappa shape index (κ3) is 2.45. The average Bonchev–Trinajstić information content (AvgIpc) is 2.95. The molecule has 0 saturated heterocycles. The van der Waals surface area contributed by atoms with Gasteiger partial charge in [-0.2, -0.15) is 0 Å². The molecule has 5 nitrogen and oxygen atoms in total. The number of aliphatic carboxylic acids is 1. The fraction of sp³-hybridized carbons (Fsp3) is 0.391. The summed E-state index contributed by atoms with van der Waals surface area (Å²) < 4.78 is 5.51. The summed E-state index contributed by atoms with van der Waals surface area (Å²) >= 11 is 0. The summed E-state index contributed by atoms with van der Waals surface area (Å²) in [5.74, 6) is -1.01. The Morgan fingerprint density at radius 2 is 1.61 bits per heavy atom. The number of rotatable bonds is 5. The first-order chi connectivity index (χ1) is 13.4. The van der Waals surface area contributed by atoms with Crippen molar-refractivity contribution in [3.8, 4) is 11.1 Å². The molecular formula is C23H23NO4. The number of carbonyl (C=O) groups is 2. The van der Waals surface area contributed by atoms with Crippen LogP contribution in [0.3, 0.4) is 0 Å². The standard InChI is InChI=1S/C23H23NO4/c1-22-11-23(12-22,13-22)19(20(25)26)24-21(27)28-10-18-16-8-4-2-6-14(16)15-7-3-5-9-17(15)18/h2-9,18-19H,10-13H2,1H3,(H,24,27)(H,25,26)/t19-,22?,23?/m0/s1. The highest BCUT2D eigenvalue weighted by molar-refractivity contribution is 5.82. The second-order valence-electron chi connectivity index (χ2n) is 8.94. The predicted molar refractivity (Wildman–Crippen MR) is 104 cm³/mol. The SMILES string of the molecule is CC12CC([C@@H](NC(=O)OCC3c4ccccc4-c4ccccc43)C(=O)O)(C1)C2. The van der Waals surface area contributed by atoms with Gasteiger partial charge in [0.1, 0.15) is 12.6 Å². The van der Waals surface area contributed by atoms with Gasteiger partial charge >= 0.3 is 12.1 Å². The first-order valence-electron chi connectivity index (χ1n) is 9.75. The molecular weight excluding hydrogens is 354 g/mol. The lowest BCUT2D eigenvalue weighted by atomic mass is 9.34. The highest BCUT2D eigenvalue weighted by Crippen LogP contribution is 2.74. The van der Waals surface area contributed by atoms with E-state index in [2.05, 4.69) is 36.5 Å². The predicted octanol–water partition coefficient (Wildman–Crippen LogP) is 4.17. The first-order valence-corrected chi connectivity index (χ1v) is 9.75. The van der Waals surface area contributed by atoms with Crippen molar-refractivity contribution in [2.75, 3.05) is 6.61 Å². The molecule has 2 aromatic rings. The lowest BCUT2D eigenvalue weighted by Gasteiger charge is -2.71. The Kier molecular flexibility index (Phi) is 3.60. The summed E-state index contributed by atoms with van der Waals surface area (Å²) in [6.07, 6.45) is 1.94. The summed E-state index contributed by atoms with van der Waals surface area (Å²) in [4.78, 5) is 24.1. The van der Waals surface area contributed by atoms with Crippen molar-refractivity contribution >= 4 is 12.1 Å². The van der Waals surface area contributed by atoms with E-state index >= 15 is 0 Å². The second kappa shape index (κ2) is 5.84. The van der Waals surface area contributed by atoms with Crippen LogP contribution in [0, 0.1) is 10.8 Å². The molecule has 1 atom stereocenters. The maximum absolute atomic E-state index is 12.4. The molecule has 0 aromatic heterocycles. The number of amides is 1. The van der Waals surface area contributed by atoms with Crippen LogP contribution in [0.1, 0.15) is 43.2 Å². The molecule has 4 aliphatic carbocycles. The van der Waals surface area contributed by atoms with Crippen molar-refractivity contribution in [1.82, 2.24) is 5.32 Å². The van der Waals surface area contributed by atoms with E-state index in [0.29, 0.717) is 0 Å². The molecule has 28 heavy (non-hydrogen) atoms. The van der Waals surface area contributed by atoms with Crippen LogP contribution in [0.4, 0.5) is 4.79 Å². The van der Waals surface area contributed by atoms with Gasteiger partial charge in [0.05, 0.1) is 0 Å². The molecule has 0 radical (unpaired) electrons. The molecule has 0 spiro atoms. The maximum Gasteiger partial charge on any atom is 0.407 e. The van der Waals surface area contributed by atoms with Gasteiger partial charge in [-0.05, 0) is 46.9 Å². The van der Waals surface area contributed by atoms with Gasteiger partial charge in [-0.25, -0.2) is 9.59 Å². The third-order valence-corrected chi connectivity index (χ3v) is 6.80. The molecule has 5 heteroatoms. The average molecular weight is 377 g/mol. The van der Waals surface area contributed by atoms with Crippen LogP contribution in [0.2, 0.25) is 0 Å². The molecule has 144 valence electrons. The van der Waals surface area contributed by atoms with Gasteiger partial charge in [0, 0.05) is 11.3 Å². The van der Waals surface area contributed by atoms with Crippen molar-refractivity contribution in [2.45, 2.75) is 38.1 Å². The lowest BCUT2D eigenvalue weighted by Crippen LogP contribution is -2.70. The number of alkyl carbamates (subject to hydrolysis) is 1. The van der Waals surface area contributed by atoms with Gasteiger partial charge in [0.2, 0.25) is 0 Å². The molecule has 2 aromatic carbocycles. The Labute approximate surface area is 163 Å². The number of carbonyl (C=O) groups excluding carboxylic acids is 1. The quantitative estimate of drug-likeness (QED) is 0.820. The highest BCUT2D eigenvalue weighted by atomic mass is 16.5. The van der Waals surface area contributed by atoms with E-state index in [1.165, 1.54) is 0 Å². The van der Waals surface area contributed by atoms with Gasteiger partial charge in [0.25, 0.3) is 0 Å². The number of carboxylic acids is 1. The minimum Gasteiger partial charge on any atom is -0.480 e. The Morgan fingerprint density at radius 1 is 1.07 bits per heavy atom. The molecule has 0 unspecified atom stereocenters. The Morgan fingerprint density at radius 3 is 2.11 bits per heavy atom. The van der Waals surface area contributed by atoms with E-state index in [-0.39, 0.29) is 23.4 Å². The molecule has 3 fully saturated rings. The minimum absolute atomic E-state index is 0.0321. The molecule has 6 rings (SSSR count). The van der Waals surface area contributed by atoms with Crippen molar-refractivity contribution < 1.29 is 19.4 Å². The van der Waals surface area contributed by atoms with Crippen molar-refractivity contribution in [1.29, 1.82) is 0 Å². The molecule has 4 aliphatic rings. The van der Waals surface area contributed by atoms with E-state index < -0.39 is 18.1 Å². The zero-order chi connectivity index (χ0) is 19.5. The number of hydrogen-bond donors (Lipinski definition) is 2. The summed E-state index contributed by atoms with van der Waals surface area (Å²) in [5.41, 5.74) is 4.59. The van der Waals surface area contributed by atoms with Crippen LogP contribution < -0.4 is 5.32 Å². The Balaban J connectivity index is 1.29. The Bertz CT molecular complexity index is 917. The van der Waals surface area contributed by atoms with Crippen LogP contribution in [0.25, 0.3) is 11.1 Å². The fourth-order valence-corrected chi connectivity index (χ4v) is 5.94. The largest absolute Gasteiger partial charge is 0.480 e. The smallest absolute Gasteiger partial charge is 0.407 e. The number of hydrogen-bond acceptors (Lipinski definition) is 3. The summed E-state index contributed by atoms with van der Waals surface area (Å²) in [5, 5.41) is 12.2. The van der Waals surface area contributed by atoms with Crippen LogP contribution >= 0.6 is 0 Å². The molecule has 1 amide bonds. The van der Waals surface area contributed by atoms with E-state index in [1.807, 2.05) is 24.3 Å².